The highest BCUT2D eigenvalue weighted by Gasteiger charge is 2.56. The SMILES string of the molecule is Cc1ccc(OC(C)C)c(C(O)(c2cc(C)ccc2OC(C)C)C(Cc2ccccc2)N(C)C(=O)C2C(C(=O)O)N(Cc3ccccc3)C(=O)N2Cc2ccccc2)c1. The molecule has 1 aliphatic heterocycles. The first-order valence-electron chi connectivity index (χ1n) is 20.2. The van der Waals surface area contributed by atoms with Gasteiger partial charge < -0.3 is 34.4 Å². The van der Waals surface area contributed by atoms with E-state index in [1.807, 2.05) is 169 Å². The number of likely N-dealkylation sites (N-methyl/N-ethyl adjacent to an activating group) is 1. The minimum absolute atomic E-state index is 0.0128. The molecular weight excluding hydrogens is 743 g/mol. The van der Waals surface area contributed by atoms with Gasteiger partial charge in [-0.25, -0.2) is 9.59 Å². The molecule has 2 N–H and O–H groups in total. The molecule has 3 unspecified atom stereocenters. The highest BCUT2D eigenvalue weighted by atomic mass is 16.5. The van der Waals surface area contributed by atoms with Gasteiger partial charge in [0.2, 0.25) is 5.91 Å². The summed E-state index contributed by atoms with van der Waals surface area (Å²) >= 11 is 0. The number of aliphatic hydroxyl groups is 1. The number of aryl methyl sites for hydroxylation is 2. The third kappa shape index (κ3) is 9.29. The van der Waals surface area contributed by atoms with Crippen LogP contribution in [0.5, 0.6) is 11.5 Å². The van der Waals surface area contributed by atoms with Gasteiger partial charge in [-0.05, 0) is 88.9 Å². The van der Waals surface area contributed by atoms with E-state index in [2.05, 4.69) is 0 Å². The van der Waals surface area contributed by atoms with Crippen molar-refractivity contribution in [1.82, 2.24) is 14.7 Å². The maximum atomic E-state index is 15.7. The molecule has 3 atom stereocenters. The van der Waals surface area contributed by atoms with Crippen LogP contribution in [0.1, 0.15) is 66.6 Å². The highest BCUT2D eigenvalue weighted by molar-refractivity contribution is 5.98. The summed E-state index contributed by atoms with van der Waals surface area (Å²) in [6.07, 6.45) is -0.395. The number of carboxylic acid groups (broad SMARTS) is 1. The number of ether oxygens (including phenoxy) is 2. The van der Waals surface area contributed by atoms with Crippen LogP contribution in [0.4, 0.5) is 4.79 Å². The Labute approximate surface area is 347 Å². The Hall–Kier alpha value is -6.13. The smallest absolute Gasteiger partial charge is 0.329 e. The lowest BCUT2D eigenvalue weighted by molar-refractivity contribution is -0.150. The average Bonchev–Trinajstić information content (AvgIpc) is 3.48. The zero-order chi connectivity index (χ0) is 42.4. The number of urea groups is 1. The number of hydrogen-bond donors (Lipinski definition) is 2. The molecule has 0 saturated carbocycles. The average molecular weight is 798 g/mol. The van der Waals surface area contributed by atoms with E-state index in [0.717, 1.165) is 27.8 Å². The normalized spacial score (nSPS) is 16.1. The second-order valence-electron chi connectivity index (χ2n) is 16.0. The molecule has 0 bridgehead atoms. The molecule has 1 heterocycles. The van der Waals surface area contributed by atoms with E-state index in [0.29, 0.717) is 22.6 Å². The van der Waals surface area contributed by atoms with Crippen molar-refractivity contribution in [2.45, 2.75) is 97.0 Å². The fourth-order valence-corrected chi connectivity index (χ4v) is 8.04. The van der Waals surface area contributed by atoms with E-state index < -0.39 is 41.6 Å². The van der Waals surface area contributed by atoms with E-state index in [4.69, 9.17) is 9.47 Å². The van der Waals surface area contributed by atoms with Crippen LogP contribution >= 0.6 is 0 Å². The largest absolute Gasteiger partial charge is 0.491 e. The topological polar surface area (TPSA) is 120 Å². The van der Waals surface area contributed by atoms with Gasteiger partial charge in [-0.1, -0.05) is 114 Å². The number of carboxylic acids is 1. The Kier molecular flexibility index (Phi) is 13.1. The van der Waals surface area contributed by atoms with Crippen LogP contribution in [0.3, 0.4) is 0 Å². The van der Waals surface area contributed by atoms with E-state index in [1.54, 1.807) is 7.05 Å². The number of aliphatic carboxylic acids is 1. The summed E-state index contributed by atoms with van der Waals surface area (Å²) in [5, 5.41) is 25.1. The van der Waals surface area contributed by atoms with Crippen LogP contribution < -0.4 is 9.47 Å². The van der Waals surface area contributed by atoms with Crippen molar-refractivity contribution in [3.63, 3.8) is 0 Å². The molecule has 1 aliphatic rings. The summed E-state index contributed by atoms with van der Waals surface area (Å²) in [6.45, 7) is 11.5. The third-order valence-electron chi connectivity index (χ3n) is 10.7. The Morgan fingerprint density at radius 3 is 1.47 bits per heavy atom. The number of rotatable bonds is 16. The van der Waals surface area contributed by atoms with Crippen LogP contribution in [0, 0.1) is 13.8 Å². The van der Waals surface area contributed by atoms with Crippen molar-refractivity contribution in [2.24, 2.45) is 0 Å². The zero-order valence-electron chi connectivity index (χ0n) is 34.9. The van der Waals surface area contributed by atoms with Crippen molar-refractivity contribution in [3.8, 4) is 11.5 Å². The molecule has 308 valence electrons. The van der Waals surface area contributed by atoms with Crippen LogP contribution in [-0.2, 0) is 34.7 Å². The zero-order valence-corrected chi connectivity index (χ0v) is 34.9. The lowest BCUT2D eigenvalue weighted by Gasteiger charge is -2.45. The monoisotopic (exact) mass is 797 g/mol. The first kappa shape index (κ1) is 42.5. The molecule has 6 rings (SSSR count). The predicted octanol–water partition coefficient (Wildman–Crippen LogP) is 8.14. The van der Waals surface area contributed by atoms with Gasteiger partial charge in [0, 0.05) is 31.3 Å². The Morgan fingerprint density at radius 1 is 0.661 bits per heavy atom. The van der Waals surface area contributed by atoms with Crippen molar-refractivity contribution >= 4 is 17.9 Å². The predicted molar refractivity (Wildman–Crippen MR) is 228 cm³/mol. The molecule has 5 aromatic carbocycles. The standard InChI is InChI=1S/C49H55N3O7/c1-32(2)58-41-25-23-34(5)27-39(41)49(57,40-28-35(6)24-26-42(40)59-33(3)4)43(29-36-17-11-8-12-18-36)50(7)46(53)44-45(47(54)55)52(31-38-21-15-10-16-22-38)48(56)51(44)30-37-19-13-9-14-20-37/h8-28,32-33,43-45,57H,29-31H2,1-7H3,(H,54,55). The van der Waals surface area contributed by atoms with Crippen LogP contribution in [0.15, 0.2) is 127 Å². The van der Waals surface area contributed by atoms with Crippen molar-refractivity contribution in [3.05, 3.63) is 166 Å². The van der Waals surface area contributed by atoms with E-state index in [1.165, 1.54) is 14.7 Å². The molecule has 3 amide bonds. The number of carbonyl (C=O) groups is 3. The highest BCUT2D eigenvalue weighted by Crippen LogP contribution is 2.46. The summed E-state index contributed by atoms with van der Waals surface area (Å²) in [7, 11) is 1.59. The van der Waals surface area contributed by atoms with E-state index in [-0.39, 0.29) is 31.7 Å². The molecule has 0 aliphatic carbocycles. The molecular formula is C49H55N3O7. The second kappa shape index (κ2) is 18.2. The maximum Gasteiger partial charge on any atom is 0.329 e. The lowest BCUT2D eigenvalue weighted by Crippen LogP contribution is -2.59. The molecule has 0 spiro atoms. The van der Waals surface area contributed by atoms with Crippen LogP contribution in [0.25, 0.3) is 0 Å². The van der Waals surface area contributed by atoms with Gasteiger partial charge >= 0.3 is 12.0 Å². The van der Waals surface area contributed by atoms with Gasteiger partial charge in [-0.2, -0.15) is 0 Å². The minimum Gasteiger partial charge on any atom is -0.491 e. The van der Waals surface area contributed by atoms with Crippen molar-refractivity contribution < 1.29 is 34.1 Å². The molecule has 1 fully saturated rings. The van der Waals surface area contributed by atoms with Gasteiger partial charge in [-0.15, -0.1) is 0 Å². The first-order valence-corrected chi connectivity index (χ1v) is 20.2. The van der Waals surface area contributed by atoms with Gasteiger partial charge in [0.15, 0.2) is 6.04 Å². The van der Waals surface area contributed by atoms with Crippen LogP contribution in [0.2, 0.25) is 0 Å². The summed E-state index contributed by atoms with van der Waals surface area (Å²) in [4.78, 5) is 47.8. The summed E-state index contributed by atoms with van der Waals surface area (Å²) < 4.78 is 12.9. The second-order valence-corrected chi connectivity index (χ2v) is 16.0. The Balaban J connectivity index is 1.59. The van der Waals surface area contributed by atoms with Gasteiger partial charge in [0.25, 0.3) is 0 Å². The molecule has 0 radical (unpaired) electrons. The molecule has 10 nitrogen and oxygen atoms in total. The number of hydrogen-bond acceptors (Lipinski definition) is 6. The van der Waals surface area contributed by atoms with Crippen LogP contribution in [-0.4, -0.2) is 80.2 Å². The van der Waals surface area contributed by atoms with Crippen molar-refractivity contribution in [2.75, 3.05) is 7.05 Å². The summed E-state index contributed by atoms with van der Waals surface area (Å²) in [6, 6.07) is 34.4. The fraction of sp³-hybridized carbons (Fsp3) is 0.327. The lowest BCUT2D eigenvalue weighted by atomic mass is 9.75. The van der Waals surface area contributed by atoms with Gasteiger partial charge in [0.05, 0.1) is 18.2 Å². The Bertz CT molecular complexity index is 2170. The van der Waals surface area contributed by atoms with Gasteiger partial charge in [0.1, 0.15) is 23.1 Å². The minimum atomic E-state index is -2.03. The first-order chi connectivity index (χ1) is 28.2. The molecule has 0 aromatic heterocycles. The molecule has 5 aromatic rings. The van der Waals surface area contributed by atoms with Gasteiger partial charge in [-0.3, -0.25) is 4.79 Å². The molecule has 59 heavy (non-hydrogen) atoms. The molecule has 10 heteroatoms. The van der Waals surface area contributed by atoms with E-state index >= 15 is 4.79 Å². The molecule has 1 saturated heterocycles. The quantitative estimate of drug-likeness (QED) is 0.104. The third-order valence-corrected chi connectivity index (χ3v) is 10.7. The summed E-state index contributed by atoms with van der Waals surface area (Å²) in [5.41, 5.74) is 2.76. The number of benzene rings is 5. The maximum absolute atomic E-state index is 15.7. The van der Waals surface area contributed by atoms with Crippen molar-refractivity contribution in [1.29, 1.82) is 0 Å². The van der Waals surface area contributed by atoms with E-state index in [9.17, 15) is 19.8 Å². The number of amides is 3. The number of nitrogens with zero attached hydrogens (tertiary/aromatic N) is 3. The number of carbonyl (C=O) groups excluding carboxylic acids is 2. The Morgan fingerprint density at radius 2 is 1.07 bits per heavy atom. The summed E-state index contributed by atoms with van der Waals surface area (Å²) in [5.74, 6) is -1.12. The fourth-order valence-electron chi connectivity index (χ4n) is 8.04.